The number of unbranched alkanes of at least 4 members (excludes halogenated alkanes) is 3. The molecule has 21 heavy (non-hydrogen) atoms. The van der Waals surface area contributed by atoms with Crippen LogP contribution >= 0.6 is 0 Å². The van der Waals surface area contributed by atoms with Gasteiger partial charge in [-0.1, -0.05) is 31.0 Å². The van der Waals surface area contributed by atoms with Crippen molar-refractivity contribution in [1.29, 1.82) is 0 Å². The molecule has 1 aliphatic rings. The van der Waals surface area contributed by atoms with E-state index >= 15 is 0 Å². The van der Waals surface area contributed by atoms with Gasteiger partial charge < -0.3 is 14.8 Å². The molecular weight excluding hydrogens is 266 g/mol. The fourth-order valence-electron chi connectivity index (χ4n) is 2.56. The summed E-state index contributed by atoms with van der Waals surface area (Å²) < 4.78 is 5.55. The maximum Gasteiger partial charge on any atom is 0.220 e. The monoisotopic (exact) mass is 289 g/mol. The molecule has 1 N–H and O–H groups in total. The van der Waals surface area contributed by atoms with Crippen LogP contribution in [0.2, 0.25) is 0 Å². The van der Waals surface area contributed by atoms with Crippen LogP contribution < -0.4 is 10.1 Å². The van der Waals surface area contributed by atoms with Crippen LogP contribution in [0.5, 0.6) is 5.75 Å². The zero-order chi connectivity index (χ0) is 15.1. The van der Waals surface area contributed by atoms with Crippen LogP contribution in [-0.4, -0.2) is 18.3 Å². The molecule has 114 valence electrons. The number of para-hydroxylation sites is 1. The van der Waals surface area contributed by atoms with Gasteiger partial charge in [0.25, 0.3) is 0 Å². The fourth-order valence-corrected chi connectivity index (χ4v) is 2.56. The first-order valence-electron chi connectivity index (χ1n) is 7.67. The number of hydrogen-bond acceptors (Lipinski definition) is 3. The molecule has 0 saturated heterocycles. The van der Waals surface area contributed by atoms with Gasteiger partial charge in [-0.3, -0.25) is 4.79 Å². The quantitative estimate of drug-likeness (QED) is 0.748. The molecule has 0 spiro atoms. The minimum absolute atomic E-state index is 0.0218. The molecular formula is C17H23NO3. The summed E-state index contributed by atoms with van der Waals surface area (Å²) in [7, 11) is 0. The highest BCUT2D eigenvalue weighted by Gasteiger charge is 2.24. The molecule has 1 aromatic rings. The SMILES string of the molecule is CC(=O)CCCCCCC(=O)N[C@H]1COc2ccccc21. The lowest BCUT2D eigenvalue weighted by Gasteiger charge is -2.11. The van der Waals surface area contributed by atoms with Crippen LogP contribution in [0.15, 0.2) is 24.3 Å². The average molecular weight is 289 g/mol. The van der Waals surface area contributed by atoms with Crippen LogP contribution in [0, 0.1) is 0 Å². The number of ketones is 1. The van der Waals surface area contributed by atoms with Crippen LogP contribution in [0.25, 0.3) is 0 Å². The Labute approximate surface area is 125 Å². The lowest BCUT2D eigenvalue weighted by atomic mass is 10.1. The second kappa shape index (κ2) is 7.81. The number of carbonyl (C=O) groups excluding carboxylic acids is 2. The molecule has 0 aromatic heterocycles. The molecule has 1 aliphatic heterocycles. The second-order valence-electron chi connectivity index (χ2n) is 5.59. The number of amides is 1. The van der Waals surface area contributed by atoms with Crippen molar-refractivity contribution in [2.45, 2.75) is 51.5 Å². The minimum atomic E-state index is -0.0218. The largest absolute Gasteiger partial charge is 0.491 e. The van der Waals surface area contributed by atoms with Gasteiger partial charge in [-0.05, 0) is 25.8 Å². The van der Waals surface area contributed by atoms with Gasteiger partial charge in [0.1, 0.15) is 18.1 Å². The van der Waals surface area contributed by atoms with E-state index in [1.54, 1.807) is 6.92 Å². The van der Waals surface area contributed by atoms with E-state index in [4.69, 9.17) is 4.74 Å². The van der Waals surface area contributed by atoms with E-state index < -0.39 is 0 Å². The molecule has 0 unspecified atom stereocenters. The van der Waals surface area contributed by atoms with Gasteiger partial charge in [-0.25, -0.2) is 0 Å². The summed E-state index contributed by atoms with van der Waals surface area (Å²) in [5.41, 5.74) is 1.06. The topological polar surface area (TPSA) is 55.4 Å². The molecule has 1 atom stereocenters. The molecule has 2 rings (SSSR count). The third-order valence-electron chi connectivity index (χ3n) is 3.72. The van der Waals surface area contributed by atoms with E-state index in [0.717, 1.165) is 37.0 Å². The van der Waals surface area contributed by atoms with Crippen LogP contribution in [0.1, 0.15) is 57.1 Å². The average Bonchev–Trinajstić information content (AvgIpc) is 2.86. The lowest BCUT2D eigenvalue weighted by Crippen LogP contribution is -2.29. The van der Waals surface area contributed by atoms with Crippen LogP contribution in [0.3, 0.4) is 0 Å². The van der Waals surface area contributed by atoms with Crippen molar-refractivity contribution < 1.29 is 14.3 Å². The van der Waals surface area contributed by atoms with Gasteiger partial charge in [0.05, 0.1) is 6.04 Å². The minimum Gasteiger partial charge on any atom is -0.491 e. The first-order valence-corrected chi connectivity index (χ1v) is 7.67. The number of carbonyl (C=O) groups is 2. The number of ether oxygens (including phenoxy) is 1. The summed E-state index contributed by atoms with van der Waals surface area (Å²) in [5, 5.41) is 3.03. The molecule has 0 bridgehead atoms. The summed E-state index contributed by atoms with van der Waals surface area (Å²) in [4.78, 5) is 22.7. The van der Waals surface area contributed by atoms with E-state index in [1.807, 2.05) is 24.3 Å². The highest BCUT2D eigenvalue weighted by Crippen LogP contribution is 2.31. The number of fused-ring (bicyclic) bond motifs is 1. The Morgan fingerprint density at radius 3 is 2.62 bits per heavy atom. The third-order valence-corrected chi connectivity index (χ3v) is 3.72. The smallest absolute Gasteiger partial charge is 0.220 e. The highest BCUT2D eigenvalue weighted by molar-refractivity contribution is 5.76. The third kappa shape index (κ3) is 4.88. The summed E-state index contributed by atoms with van der Waals surface area (Å²) in [5.74, 6) is 1.19. The van der Waals surface area contributed by atoms with Gasteiger partial charge >= 0.3 is 0 Å². The van der Waals surface area contributed by atoms with Gasteiger partial charge in [-0.2, -0.15) is 0 Å². The van der Waals surface area contributed by atoms with Crippen LogP contribution in [-0.2, 0) is 9.59 Å². The fraction of sp³-hybridized carbons (Fsp3) is 0.529. The van der Waals surface area contributed by atoms with Gasteiger partial charge in [-0.15, -0.1) is 0 Å². The zero-order valence-corrected chi connectivity index (χ0v) is 12.6. The number of benzene rings is 1. The van der Waals surface area contributed by atoms with Crippen LogP contribution in [0.4, 0.5) is 0 Å². The molecule has 0 saturated carbocycles. The number of rotatable bonds is 8. The van der Waals surface area contributed by atoms with E-state index in [-0.39, 0.29) is 17.7 Å². The predicted molar refractivity (Wildman–Crippen MR) is 81.2 cm³/mol. The predicted octanol–water partition coefficient (Wildman–Crippen LogP) is 3.17. The number of nitrogens with one attached hydrogen (secondary N) is 1. The Balaban J connectivity index is 1.63. The normalized spacial score (nSPS) is 16.1. The van der Waals surface area contributed by atoms with Crippen molar-refractivity contribution in [2.75, 3.05) is 6.61 Å². The number of hydrogen-bond donors (Lipinski definition) is 1. The van der Waals surface area contributed by atoms with Crippen molar-refractivity contribution in [3.63, 3.8) is 0 Å². The molecule has 4 heteroatoms. The van der Waals surface area contributed by atoms with Crippen molar-refractivity contribution in [3.05, 3.63) is 29.8 Å². The Morgan fingerprint density at radius 1 is 1.14 bits per heavy atom. The second-order valence-corrected chi connectivity index (χ2v) is 5.59. The molecule has 0 fully saturated rings. The molecule has 1 amide bonds. The molecule has 4 nitrogen and oxygen atoms in total. The summed E-state index contributed by atoms with van der Waals surface area (Å²) in [6, 6.07) is 7.79. The van der Waals surface area contributed by atoms with Gasteiger partial charge in [0, 0.05) is 18.4 Å². The number of Topliss-reactive ketones (excluding diaryl/α,β-unsaturated/α-hetero) is 1. The van der Waals surface area contributed by atoms with Gasteiger partial charge in [0.2, 0.25) is 5.91 Å². The Hall–Kier alpha value is -1.84. The molecule has 0 radical (unpaired) electrons. The molecule has 1 heterocycles. The summed E-state index contributed by atoms with van der Waals surface area (Å²) in [6.07, 6.45) is 5.02. The first-order chi connectivity index (χ1) is 10.2. The van der Waals surface area contributed by atoms with E-state index in [0.29, 0.717) is 19.4 Å². The first kappa shape index (κ1) is 15.5. The maximum atomic E-state index is 11.9. The van der Waals surface area contributed by atoms with Crippen molar-refractivity contribution in [3.8, 4) is 5.75 Å². The molecule has 1 aromatic carbocycles. The molecule has 0 aliphatic carbocycles. The van der Waals surface area contributed by atoms with E-state index in [2.05, 4.69) is 5.32 Å². The zero-order valence-electron chi connectivity index (χ0n) is 12.6. The van der Waals surface area contributed by atoms with E-state index in [9.17, 15) is 9.59 Å². The Bertz CT molecular complexity index is 499. The Morgan fingerprint density at radius 2 is 1.86 bits per heavy atom. The lowest BCUT2D eigenvalue weighted by molar-refractivity contribution is -0.122. The summed E-state index contributed by atoms with van der Waals surface area (Å²) in [6.45, 7) is 2.14. The van der Waals surface area contributed by atoms with Gasteiger partial charge in [0.15, 0.2) is 0 Å². The highest BCUT2D eigenvalue weighted by atomic mass is 16.5. The maximum absolute atomic E-state index is 11.9. The Kier molecular flexibility index (Phi) is 5.78. The summed E-state index contributed by atoms with van der Waals surface area (Å²) >= 11 is 0. The van der Waals surface area contributed by atoms with Crippen molar-refractivity contribution in [2.24, 2.45) is 0 Å². The van der Waals surface area contributed by atoms with Crippen molar-refractivity contribution in [1.82, 2.24) is 5.32 Å². The van der Waals surface area contributed by atoms with E-state index in [1.165, 1.54) is 0 Å². The van der Waals surface area contributed by atoms with Crippen molar-refractivity contribution >= 4 is 11.7 Å². The standard InChI is InChI=1S/C17H23NO3/c1-13(19)8-4-2-3-5-11-17(20)18-15-12-21-16-10-7-6-9-14(15)16/h6-7,9-10,15H,2-5,8,11-12H2,1H3,(H,18,20)/t15-/m0/s1.